The van der Waals surface area contributed by atoms with Crippen molar-refractivity contribution in [2.45, 2.75) is 0 Å². The van der Waals surface area contributed by atoms with Gasteiger partial charge in [0, 0.05) is 27.3 Å². The molecule has 2 N–H and O–H groups in total. The Morgan fingerprint density at radius 2 is 2.05 bits per heavy atom. The first-order valence-corrected chi connectivity index (χ1v) is 6.82. The quantitative estimate of drug-likeness (QED) is 0.916. The van der Waals surface area contributed by atoms with Crippen LogP contribution in [0.25, 0.3) is 10.2 Å². The van der Waals surface area contributed by atoms with E-state index in [4.69, 9.17) is 5.73 Å². The third-order valence-corrected chi connectivity index (χ3v) is 4.04. The molecule has 2 heterocycles. The van der Waals surface area contributed by atoms with Crippen LogP contribution >= 0.6 is 11.3 Å². The number of rotatable bonds is 3. The van der Waals surface area contributed by atoms with Crippen molar-refractivity contribution in [2.24, 2.45) is 0 Å². The molecule has 0 atom stereocenters. The molecule has 0 aliphatic rings. The van der Waals surface area contributed by atoms with Gasteiger partial charge in [-0.1, -0.05) is 0 Å². The Kier molecular flexibility index (Phi) is 3.89. The molecular weight excluding hydrogens is 276 g/mol. The van der Waals surface area contributed by atoms with Crippen molar-refractivity contribution in [3.05, 3.63) is 23.2 Å². The molecule has 2 aromatic heterocycles. The molecule has 0 bridgehead atoms. The van der Waals surface area contributed by atoms with Gasteiger partial charge in [-0.25, -0.2) is 0 Å². The van der Waals surface area contributed by atoms with Crippen LogP contribution < -0.4 is 5.73 Å². The second kappa shape index (κ2) is 5.46. The van der Waals surface area contributed by atoms with Crippen LogP contribution in [-0.4, -0.2) is 54.3 Å². The highest BCUT2D eigenvalue weighted by Crippen LogP contribution is 2.32. The highest BCUT2D eigenvalue weighted by molar-refractivity contribution is 7.21. The summed E-state index contributed by atoms with van der Waals surface area (Å²) in [6, 6.07) is 3.66. The van der Waals surface area contributed by atoms with Gasteiger partial charge < -0.3 is 15.5 Å². The first-order valence-electron chi connectivity index (χ1n) is 6.00. The molecule has 0 fully saturated rings. The van der Waals surface area contributed by atoms with E-state index in [9.17, 15) is 9.59 Å². The first-order chi connectivity index (χ1) is 9.41. The number of hydrogen-bond donors (Lipinski definition) is 1. The van der Waals surface area contributed by atoms with Gasteiger partial charge in [0.05, 0.1) is 16.9 Å². The Balaban J connectivity index is 2.27. The fraction of sp³-hybridized carbons (Fsp3) is 0.308. The fourth-order valence-electron chi connectivity index (χ4n) is 1.70. The highest BCUT2D eigenvalue weighted by atomic mass is 32.1. The van der Waals surface area contributed by atoms with Gasteiger partial charge in [0.15, 0.2) is 0 Å². The Bertz CT molecular complexity index is 665. The van der Waals surface area contributed by atoms with Gasteiger partial charge in [-0.15, -0.1) is 11.3 Å². The van der Waals surface area contributed by atoms with Gasteiger partial charge >= 0.3 is 0 Å². The summed E-state index contributed by atoms with van der Waals surface area (Å²) in [7, 11) is 4.89. The van der Waals surface area contributed by atoms with Crippen LogP contribution in [0, 0.1) is 0 Å². The lowest BCUT2D eigenvalue weighted by Crippen LogP contribution is -2.37. The van der Waals surface area contributed by atoms with Gasteiger partial charge in [0.1, 0.15) is 10.4 Å². The molecule has 0 aliphatic carbocycles. The van der Waals surface area contributed by atoms with Gasteiger partial charge in [0.2, 0.25) is 5.91 Å². The van der Waals surface area contributed by atoms with Crippen LogP contribution in [0.1, 0.15) is 9.67 Å². The van der Waals surface area contributed by atoms with Crippen molar-refractivity contribution in [1.29, 1.82) is 0 Å². The number of pyridine rings is 1. The van der Waals surface area contributed by atoms with Crippen molar-refractivity contribution in [1.82, 2.24) is 14.8 Å². The van der Waals surface area contributed by atoms with Gasteiger partial charge in [-0.2, -0.15) is 0 Å². The molecule has 20 heavy (non-hydrogen) atoms. The van der Waals surface area contributed by atoms with E-state index in [2.05, 4.69) is 4.98 Å². The average molecular weight is 292 g/mol. The number of nitrogen functional groups attached to an aromatic ring is 1. The van der Waals surface area contributed by atoms with E-state index in [1.807, 2.05) is 6.07 Å². The highest BCUT2D eigenvalue weighted by Gasteiger charge is 2.22. The maximum atomic E-state index is 12.4. The molecule has 2 rings (SSSR count). The van der Waals surface area contributed by atoms with Crippen LogP contribution in [0.15, 0.2) is 18.3 Å². The van der Waals surface area contributed by atoms with Crippen LogP contribution in [-0.2, 0) is 4.79 Å². The van der Waals surface area contributed by atoms with E-state index in [-0.39, 0.29) is 18.4 Å². The van der Waals surface area contributed by atoms with Crippen molar-refractivity contribution in [2.75, 3.05) is 33.4 Å². The minimum Gasteiger partial charge on any atom is -0.396 e. The van der Waals surface area contributed by atoms with Crippen LogP contribution in [0.2, 0.25) is 0 Å². The molecule has 0 aliphatic heterocycles. The minimum absolute atomic E-state index is 0.0208. The number of likely N-dealkylation sites (N-methyl/N-ethyl adjacent to an activating group) is 2. The summed E-state index contributed by atoms with van der Waals surface area (Å²) in [5.74, 6) is -0.403. The number of carbonyl (C=O) groups excluding carboxylic acids is 2. The van der Waals surface area contributed by atoms with Crippen molar-refractivity contribution < 1.29 is 9.59 Å². The Morgan fingerprint density at radius 3 is 2.65 bits per heavy atom. The van der Waals surface area contributed by atoms with Crippen LogP contribution in [0.5, 0.6) is 0 Å². The molecule has 0 unspecified atom stereocenters. The summed E-state index contributed by atoms with van der Waals surface area (Å²) in [5, 5.41) is 0. The summed E-state index contributed by atoms with van der Waals surface area (Å²) in [6.45, 7) is 0.0208. The van der Waals surface area contributed by atoms with Crippen LogP contribution in [0.4, 0.5) is 5.69 Å². The number of nitrogens with zero attached hydrogens (tertiary/aromatic N) is 3. The van der Waals surface area contributed by atoms with Gasteiger partial charge in [0.25, 0.3) is 5.91 Å². The summed E-state index contributed by atoms with van der Waals surface area (Å²) in [6.07, 6.45) is 1.64. The van der Waals surface area contributed by atoms with Crippen molar-refractivity contribution >= 4 is 39.1 Å². The number of aromatic nitrogens is 1. The van der Waals surface area contributed by atoms with Crippen molar-refractivity contribution in [3.63, 3.8) is 0 Å². The van der Waals surface area contributed by atoms with E-state index in [1.165, 1.54) is 21.1 Å². The Labute approximate surface area is 120 Å². The number of thiophene rings is 1. The lowest BCUT2D eigenvalue weighted by molar-refractivity contribution is -0.129. The SMILES string of the molecule is CN(C)C(=O)CN(C)C(=O)c1sc2cccnc2c1N. The summed E-state index contributed by atoms with van der Waals surface area (Å²) >= 11 is 1.29. The number of amides is 2. The zero-order valence-electron chi connectivity index (χ0n) is 11.6. The normalized spacial score (nSPS) is 10.6. The third-order valence-electron chi connectivity index (χ3n) is 2.89. The number of fused-ring (bicyclic) bond motifs is 1. The Hall–Kier alpha value is -2.15. The average Bonchev–Trinajstić information content (AvgIpc) is 2.75. The maximum Gasteiger partial charge on any atom is 0.266 e. The molecule has 0 aromatic carbocycles. The summed E-state index contributed by atoms with van der Waals surface area (Å²) in [5.41, 5.74) is 6.98. The fourth-order valence-corrected chi connectivity index (χ4v) is 2.77. The maximum absolute atomic E-state index is 12.4. The number of carbonyl (C=O) groups is 2. The topological polar surface area (TPSA) is 79.5 Å². The molecule has 2 aromatic rings. The van der Waals surface area contributed by atoms with Gasteiger partial charge in [-0.05, 0) is 12.1 Å². The lowest BCUT2D eigenvalue weighted by Gasteiger charge is -2.18. The van der Waals surface area contributed by atoms with Crippen molar-refractivity contribution in [3.8, 4) is 0 Å². The van der Waals surface area contributed by atoms with E-state index in [0.717, 1.165) is 4.70 Å². The number of nitrogens with two attached hydrogens (primary N) is 1. The lowest BCUT2D eigenvalue weighted by atomic mass is 10.3. The standard InChI is InChI=1S/C13H16N4O2S/c1-16(2)9(18)7-17(3)13(19)12-10(14)11-8(20-12)5-4-6-15-11/h4-6H,7,14H2,1-3H3. The number of anilines is 1. The van der Waals surface area contributed by atoms with Gasteiger partial charge in [-0.3, -0.25) is 14.6 Å². The van der Waals surface area contributed by atoms with E-state index in [1.54, 1.807) is 33.4 Å². The molecule has 6 nitrogen and oxygen atoms in total. The molecule has 0 spiro atoms. The van der Waals surface area contributed by atoms with E-state index in [0.29, 0.717) is 16.1 Å². The van der Waals surface area contributed by atoms with E-state index < -0.39 is 0 Å². The molecule has 7 heteroatoms. The molecule has 0 saturated carbocycles. The largest absolute Gasteiger partial charge is 0.396 e. The molecule has 106 valence electrons. The molecule has 0 radical (unpaired) electrons. The molecular formula is C13H16N4O2S. The predicted octanol–water partition coefficient (Wildman–Crippen LogP) is 1.04. The number of hydrogen-bond acceptors (Lipinski definition) is 5. The second-order valence-corrected chi connectivity index (χ2v) is 5.70. The zero-order valence-corrected chi connectivity index (χ0v) is 12.4. The first kappa shape index (κ1) is 14.3. The van der Waals surface area contributed by atoms with Crippen LogP contribution in [0.3, 0.4) is 0 Å². The predicted molar refractivity (Wildman–Crippen MR) is 79.7 cm³/mol. The Morgan fingerprint density at radius 1 is 1.35 bits per heavy atom. The zero-order chi connectivity index (χ0) is 14.9. The summed E-state index contributed by atoms with van der Waals surface area (Å²) < 4.78 is 0.862. The molecule has 0 saturated heterocycles. The summed E-state index contributed by atoms with van der Waals surface area (Å²) in [4.78, 5) is 31.4. The molecule has 2 amide bonds. The second-order valence-electron chi connectivity index (χ2n) is 4.64. The smallest absolute Gasteiger partial charge is 0.266 e. The monoisotopic (exact) mass is 292 g/mol. The third kappa shape index (κ3) is 2.57. The minimum atomic E-state index is -0.263. The van der Waals surface area contributed by atoms with E-state index >= 15 is 0 Å².